The maximum atomic E-state index is 11.2. The summed E-state index contributed by atoms with van der Waals surface area (Å²) in [4.78, 5) is 33.1. The van der Waals surface area contributed by atoms with E-state index in [1.165, 1.54) is 0 Å². The molecule has 0 aliphatic heterocycles. The predicted molar refractivity (Wildman–Crippen MR) is 62.1 cm³/mol. The molecule has 4 heteroatoms. The van der Waals surface area contributed by atoms with Crippen LogP contribution in [0.1, 0.15) is 52.4 Å². The van der Waals surface area contributed by atoms with Crippen molar-refractivity contribution in [1.29, 1.82) is 0 Å². The van der Waals surface area contributed by atoms with Crippen LogP contribution in [0.15, 0.2) is 0 Å². The summed E-state index contributed by atoms with van der Waals surface area (Å²) in [6.45, 7) is 3.74. The van der Waals surface area contributed by atoms with E-state index < -0.39 is 0 Å². The number of nitrogens with one attached hydrogen (secondary N) is 1. The topological polar surface area (TPSA) is 63.2 Å². The molecule has 0 aliphatic carbocycles. The van der Waals surface area contributed by atoms with E-state index in [1.807, 2.05) is 6.92 Å². The van der Waals surface area contributed by atoms with Gasteiger partial charge in [-0.1, -0.05) is 13.8 Å². The second-order valence-electron chi connectivity index (χ2n) is 3.77. The summed E-state index contributed by atoms with van der Waals surface area (Å²) in [7, 11) is 0. The van der Waals surface area contributed by atoms with Crippen molar-refractivity contribution in [1.82, 2.24) is 5.32 Å². The minimum atomic E-state index is -0.106. The second kappa shape index (κ2) is 9.07. The summed E-state index contributed by atoms with van der Waals surface area (Å²) >= 11 is 0. The molecule has 0 aliphatic rings. The van der Waals surface area contributed by atoms with Crippen LogP contribution in [0.5, 0.6) is 0 Å². The Morgan fingerprint density at radius 1 is 0.875 bits per heavy atom. The molecule has 0 bridgehead atoms. The van der Waals surface area contributed by atoms with E-state index in [9.17, 15) is 14.4 Å². The van der Waals surface area contributed by atoms with Gasteiger partial charge >= 0.3 is 0 Å². The molecule has 0 spiro atoms. The lowest BCUT2D eigenvalue weighted by atomic mass is 10.1. The molecule has 0 radical (unpaired) electrons. The van der Waals surface area contributed by atoms with E-state index in [2.05, 4.69) is 5.32 Å². The summed E-state index contributed by atoms with van der Waals surface area (Å²) in [6.07, 6.45) is 3.42. The molecule has 0 aromatic rings. The van der Waals surface area contributed by atoms with E-state index in [0.29, 0.717) is 32.1 Å². The first kappa shape index (κ1) is 14.8. The zero-order valence-electron chi connectivity index (χ0n) is 10.2. The van der Waals surface area contributed by atoms with Crippen molar-refractivity contribution >= 4 is 17.5 Å². The lowest BCUT2D eigenvalue weighted by Gasteiger charge is -2.03. The van der Waals surface area contributed by atoms with E-state index in [4.69, 9.17) is 0 Å². The molecular weight excluding hydrogens is 206 g/mol. The van der Waals surface area contributed by atoms with Crippen LogP contribution in [0.3, 0.4) is 0 Å². The van der Waals surface area contributed by atoms with Crippen molar-refractivity contribution in [3.05, 3.63) is 0 Å². The summed E-state index contributed by atoms with van der Waals surface area (Å²) in [5.74, 6) is 0.168. The molecule has 0 saturated carbocycles. The second-order valence-corrected chi connectivity index (χ2v) is 3.77. The molecule has 0 aromatic heterocycles. The summed E-state index contributed by atoms with van der Waals surface area (Å²) < 4.78 is 0. The Kier molecular flexibility index (Phi) is 8.39. The van der Waals surface area contributed by atoms with Gasteiger partial charge in [-0.15, -0.1) is 0 Å². The molecular formula is C12H21NO3. The summed E-state index contributed by atoms with van der Waals surface area (Å²) in [5.41, 5.74) is 0. The number of hydrogen-bond donors (Lipinski definition) is 1. The first-order chi connectivity index (χ1) is 7.60. The highest BCUT2D eigenvalue weighted by Crippen LogP contribution is 2.02. The van der Waals surface area contributed by atoms with Crippen LogP contribution in [-0.4, -0.2) is 24.0 Å². The number of rotatable bonds is 9. The minimum absolute atomic E-state index is 0.0366. The molecule has 4 nitrogen and oxygen atoms in total. The molecule has 0 rings (SSSR count). The van der Waals surface area contributed by atoms with Crippen molar-refractivity contribution in [3.8, 4) is 0 Å². The van der Waals surface area contributed by atoms with Crippen molar-refractivity contribution < 1.29 is 14.4 Å². The average Bonchev–Trinajstić information content (AvgIpc) is 2.31. The molecule has 0 fully saturated rings. The van der Waals surface area contributed by atoms with Gasteiger partial charge < -0.3 is 5.32 Å². The smallest absolute Gasteiger partial charge is 0.220 e. The molecule has 16 heavy (non-hydrogen) atoms. The normalized spacial score (nSPS) is 9.88. The van der Waals surface area contributed by atoms with Gasteiger partial charge in [-0.2, -0.15) is 0 Å². The summed E-state index contributed by atoms with van der Waals surface area (Å²) in [5, 5.41) is 2.56. The number of amides is 1. The van der Waals surface area contributed by atoms with Crippen LogP contribution >= 0.6 is 0 Å². The SMILES string of the molecule is CCC(=O)CCCCC(=O)NCC(=O)CC. The maximum Gasteiger partial charge on any atom is 0.220 e. The lowest BCUT2D eigenvalue weighted by molar-refractivity contribution is -0.125. The van der Waals surface area contributed by atoms with E-state index in [1.54, 1.807) is 6.92 Å². The molecule has 0 aromatic carbocycles. The Balaban J connectivity index is 3.44. The van der Waals surface area contributed by atoms with E-state index >= 15 is 0 Å². The van der Waals surface area contributed by atoms with Gasteiger partial charge in [0.05, 0.1) is 6.54 Å². The lowest BCUT2D eigenvalue weighted by Crippen LogP contribution is -2.28. The quantitative estimate of drug-likeness (QED) is 0.609. The molecule has 0 saturated heterocycles. The molecule has 92 valence electrons. The van der Waals surface area contributed by atoms with Crippen molar-refractivity contribution in [2.75, 3.05) is 6.54 Å². The van der Waals surface area contributed by atoms with Crippen LogP contribution in [0.2, 0.25) is 0 Å². The highest BCUT2D eigenvalue weighted by atomic mass is 16.2. The fourth-order valence-corrected chi connectivity index (χ4v) is 1.20. The molecule has 0 heterocycles. The zero-order chi connectivity index (χ0) is 12.4. The first-order valence-electron chi connectivity index (χ1n) is 5.90. The van der Waals surface area contributed by atoms with Crippen molar-refractivity contribution in [2.24, 2.45) is 0 Å². The predicted octanol–water partition coefficient (Wildman–Crippen LogP) is 1.62. The first-order valence-corrected chi connectivity index (χ1v) is 5.90. The highest BCUT2D eigenvalue weighted by Gasteiger charge is 2.04. The third-order valence-corrected chi connectivity index (χ3v) is 2.38. The number of Topliss-reactive ketones (excluding diaryl/α,β-unsaturated/α-hetero) is 2. The van der Waals surface area contributed by atoms with Gasteiger partial charge in [0.15, 0.2) is 5.78 Å². The standard InChI is InChI=1S/C12H21NO3/c1-3-10(14)7-5-6-8-12(16)13-9-11(15)4-2/h3-9H2,1-2H3,(H,13,16). The van der Waals surface area contributed by atoms with Crippen LogP contribution in [0, 0.1) is 0 Å². The molecule has 1 N–H and O–H groups in total. The highest BCUT2D eigenvalue weighted by molar-refractivity contribution is 5.85. The van der Waals surface area contributed by atoms with Crippen LogP contribution in [-0.2, 0) is 14.4 Å². The van der Waals surface area contributed by atoms with Gasteiger partial charge in [0.2, 0.25) is 5.91 Å². The van der Waals surface area contributed by atoms with E-state index in [0.717, 1.165) is 6.42 Å². The Hall–Kier alpha value is -1.19. The third kappa shape index (κ3) is 8.15. The van der Waals surface area contributed by atoms with Crippen LogP contribution in [0.25, 0.3) is 0 Å². The van der Waals surface area contributed by atoms with Crippen molar-refractivity contribution in [2.45, 2.75) is 52.4 Å². The monoisotopic (exact) mass is 227 g/mol. The van der Waals surface area contributed by atoms with Gasteiger partial charge in [0, 0.05) is 25.7 Å². The van der Waals surface area contributed by atoms with Gasteiger partial charge in [0.25, 0.3) is 0 Å². The van der Waals surface area contributed by atoms with Crippen molar-refractivity contribution in [3.63, 3.8) is 0 Å². The average molecular weight is 227 g/mol. The van der Waals surface area contributed by atoms with Gasteiger partial charge in [0.1, 0.15) is 5.78 Å². The third-order valence-electron chi connectivity index (χ3n) is 2.38. The Morgan fingerprint density at radius 2 is 1.44 bits per heavy atom. The Morgan fingerprint density at radius 3 is 2.00 bits per heavy atom. The van der Waals surface area contributed by atoms with Gasteiger partial charge in [-0.3, -0.25) is 14.4 Å². The fraction of sp³-hybridized carbons (Fsp3) is 0.750. The largest absolute Gasteiger partial charge is 0.349 e. The van der Waals surface area contributed by atoms with Crippen LogP contribution < -0.4 is 5.32 Å². The number of carbonyl (C=O) groups excluding carboxylic acids is 3. The number of hydrogen-bond acceptors (Lipinski definition) is 3. The Labute approximate surface area is 96.8 Å². The molecule has 1 amide bonds. The van der Waals surface area contributed by atoms with Gasteiger partial charge in [-0.25, -0.2) is 0 Å². The summed E-state index contributed by atoms with van der Waals surface area (Å²) in [6, 6.07) is 0. The maximum absolute atomic E-state index is 11.2. The van der Waals surface area contributed by atoms with Gasteiger partial charge in [-0.05, 0) is 12.8 Å². The fourth-order valence-electron chi connectivity index (χ4n) is 1.20. The number of ketones is 2. The van der Waals surface area contributed by atoms with E-state index in [-0.39, 0.29) is 24.0 Å². The number of unbranched alkanes of at least 4 members (excludes halogenated alkanes) is 1. The number of carbonyl (C=O) groups is 3. The molecule has 0 atom stereocenters. The zero-order valence-corrected chi connectivity index (χ0v) is 10.2. The Bertz CT molecular complexity index is 249. The minimum Gasteiger partial charge on any atom is -0.349 e. The van der Waals surface area contributed by atoms with Crippen LogP contribution in [0.4, 0.5) is 0 Å². The molecule has 0 unspecified atom stereocenters.